The summed E-state index contributed by atoms with van der Waals surface area (Å²) in [5, 5.41) is 3.47. The summed E-state index contributed by atoms with van der Waals surface area (Å²) in [5.74, 6) is 1.30. The number of hydrogen-bond acceptors (Lipinski definition) is 4. The molecule has 2 aromatic rings. The molecule has 118 valence electrons. The van der Waals surface area contributed by atoms with E-state index in [0.717, 1.165) is 12.1 Å². The number of oxazole rings is 1. The Morgan fingerprint density at radius 3 is 2.68 bits per heavy atom. The van der Waals surface area contributed by atoms with Gasteiger partial charge >= 0.3 is 0 Å². The van der Waals surface area contributed by atoms with Crippen LogP contribution in [-0.4, -0.2) is 35.4 Å². The molecule has 1 aromatic heterocycles. The van der Waals surface area contributed by atoms with Crippen LogP contribution in [0.3, 0.4) is 0 Å². The second-order valence-corrected chi connectivity index (χ2v) is 5.32. The van der Waals surface area contributed by atoms with Gasteiger partial charge in [0.05, 0.1) is 19.3 Å². The highest BCUT2D eigenvalue weighted by Gasteiger charge is 2.13. The summed E-state index contributed by atoms with van der Waals surface area (Å²) in [4.78, 5) is 17.9. The number of benzene rings is 1. The number of likely N-dealkylation sites (N-methyl/N-ethyl adjacent to an activating group) is 2. The predicted octanol–water partition coefficient (Wildman–Crippen LogP) is 2.95. The molecule has 22 heavy (non-hydrogen) atoms. The first-order chi connectivity index (χ1) is 10.6. The van der Waals surface area contributed by atoms with E-state index in [0.29, 0.717) is 36.3 Å². The van der Waals surface area contributed by atoms with Gasteiger partial charge in [0.2, 0.25) is 11.8 Å². The van der Waals surface area contributed by atoms with E-state index in [-0.39, 0.29) is 5.91 Å². The maximum atomic E-state index is 11.6. The lowest BCUT2D eigenvalue weighted by atomic mass is 10.2. The quantitative estimate of drug-likeness (QED) is 0.851. The molecule has 0 unspecified atom stereocenters. The topological polar surface area (TPSA) is 58.4 Å². The SMILES string of the molecule is CCNC(=O)CN(CC)Cc1ncc(-c2ccc(Cl)cc2)o1. The molecule has 0 saturated carbocycles. The number of amides is 1. The largest absolute Gasteiger partial charge is 0.439 e. The van der Waals surface area contributed by atoms with Crippen molar-refractivity contribution in [2.45, 2.75) is 20.4 Å². The van der Waals surface area contributed by atoms with Gasteiger partial charge in [-0.1, -0.05) is 18.5 Å². The highest BCUT2D eigenvalue weighted by Crippen LogP contribution is 2.22. The van der Waals surface area contributed by atoms with Crippen LogP contribution < -0.4 is 5.32 Å². The molecule has 2 rings (SSSR count). The molecule has 0 aliphatic heterocycles. The lowest BCUT2D eigenvalue weighted by molar-refractivity contribution is -0.122. The fraction of sp³-hybridized carbons (Fsp3) is 0.375. The minimum atomic E-state index is 0.00818. The molecule has 0 saturated heterocycles. The summed E-state index contributed by atoms with van der Waals surface area (Å²) in [5.41, 5.74) is 0.926. The number of carbonyl (C=O) groups is 1. The molecule has 0 fully saturated rings. The third-order valence-electron chi connectivity index (χ3n) is 3.23. The van der Waals surface area contributed by atoms with Gasteiger partial charge in [0.1, 0.15) is 0 Å². The molecule has 0 aliphatic carbocycles. The third-order valence-corrected chi connectivity index (χ3v) is 3.48. The maximum Gasteiger partial charge on any atom is 0.234 e. The first kappa shape index (κ1) is 16.5. The maximum absolute atomic E-state index is 11.6. The fourth-order valence-corrected chi connectivity index (χ4v) is 2.18. The Morgan fingerprint density at radius 2 is 2.05 bits per heavy atom. The van der Waals surface area contributed by atoms with Crippen LogP contribution in [0, 0.1) is 0 Å². The van der Waals surface area contributed by atoms with Gasteiger partial charge in [-0.05, 0) is 37.7 Å². The lowest BCUT2D eigenvalue weighted by Gasteiger charge is -2.17. The molecule has 1 amide bonds. The van der Waals surface area contributed by atoms with Crippen molar-refractivity contribution >= 4 is 17.5 Å². The third kappa shape index (κ3) is 4.58. The van der Waals surface area contributed by atoms with Crippen molar-refractivity contribution in [3.8, 4) is 11.3 Å². The van der Waals surface area contributed by atoms with Crippen LogP contribution in [0.5, 0.6) is 0 Å². The Kier molecular flexibility index (Phi) is 5.98. The Morgan fingerprint density at radius 1 is 1.32 bits per heavy atom. The van der Waals surface area contributed by atoms with E-state index in [1.807, 2.05) is 43.0 Å². The second-order valence-electron chi connectivity index (χ2n) is 4.88. The normalized spacial score (nSPS) is 10.9. The summed E-state index contributed by atoms with van der Waals surface area (Å²) >= 11 is 5.88. The molecule has 6 heteroatoms. The fourth-order valence-electron chi connectivity index (χ4n) is 2.06. The second kappa shape index (κ2) is 7.96. The van der Waals surface area contributed by atoms with Crippen LogP contribution >= 0.6 is 11.6 Å². The van der Waals surface area contributed by atoms with Crippen molar-refractivity contribution < 1.29 is 9.21 Å². The predicted molar refractivity (Wildman–Crippen MR) is 86.6 cm³/mol. The molecule has 0 radical (unpaired) electrons. The number of nitrogens with zero attached hydrogens (tertiary/aromatic N) is 2. The minimum absolute atomic E-state index is 0.00818. The average molecular weight is 322 g/mol. The van der Waals surface area contributed by atoms with Crippen LogP contribution in [0.15, 0.2) is 34.9 Å². The number of hydrogen-bond donors (Lipinski definition) is 1. The molecule has 1 aromatic carbocycles. The van der Waals surface area contributed by atoms with Crippen LogP contribution in [0.4, 0.5) is 0 Å². The van der Waals surface area contributed by atoms with E-state index < -0.39 is 0 Å². The van der Waals surface area contributed by atoms with E-state index in [9.17, 15) is 4.79 Å². The Balaban J connectivity index is 2.01. The van der Waals surface area contributed by atoms with Crippen LogP contribution in [0.2, 0.25) is 5.02 Å². The molecule has 0 bridgehead atoms. The van der Waals surface area contributed by atoms with E-state index in [1.54, 1.807) is 6.20 Å². The molecule has 0 atom stereocenters. The van der Waals surface area contributed by atoms with E-state index in [2.05, 4.69) is 10.3 Å². The van der Waals surface area contributed by atoms with Gasteiger partial charge in [-0.15, -0.1) is 0 Å². The Bertz CT molecular complexity index is 610. The summed E-state index contributed by atoms with van der Waals surface area (Å²) in [7, 11) is 0. The van der Waals surface area contributed by atoms with Crippen LogP contribution in [0.25, 0.3) is 11.3 Å². The van der Waals surface area contributed by atoms with Gasteiger partial charge in [0.15, 0.2) is 5.76 Å². The number of nitrogens with one attached hydrogen (secondary N) is 1. The zero-order valence-electron chi connectivity index (χ0n) is 12.8. The van der Waals surface area contributed by atoms with Crippen LogP contribution in [0.1, 0.15) is 19.7 Å². The van der Waals surface area contributed by atoms with E-state index >= 15 is 0 Å². The van der Waals surface area contributed by atoms with Crippen LogP contribution in [-0.2, 0) is 11.3 Å². The van der Waals surface area contributed by atoms with Gasteiger partial charge < -0.3 is 9.73 Å². The summed E-state index contributed by atoms with van der Waals surface area (Å²) in [6.07, 6.45) is 1.69. The van der Waals surface area contributed by atoms with Crippen molar-refractivity contribution in [2.24, 2.45) is 0 Å². The first-order valence-corrected chi connectivity index (χ1v) is 7.69. The van der Waals surface area contributed by atoms with Crippen molar-refractivity contribution in [1.29, 1.82) is 0 Å². The Hall–Kier alpha value is -1.85. The molecule has 1 N–H and O–H groups in total. The highest BCUT2D eigenvalue weighted by atomic mass is 35.5. The van der Waals surface area contributed by atoms with Gasteiger partial charge in [-0.3, -0.25) is 9.69 Å². The van der Waals surface area contributed by atoms with Crippen molar-refractivity contribution in [3.63, 3.8) is 0 Å². The van der Waals surface area contributed by atoms with E-state index in [1.165, 1.54) is 0 Å². The number of halogens is 1. The van der Waals surface area contributed by atoms with Crippen molar-refractivity contribution in [2.75, 3.05) is 19.6 Å². The molecule has 1 heterocycles. The zero-order valence-corrected chi connectivity index (χ0v) is 13.6. The van der Waals surface area contributed by atoms with E-state index in [4.69, 9.17) is 16.0 Å². The molecular weight excluding hydrogens is 302 g/mol. The highest BCUT2D eigenvalue weighted by molar-refractivity contribution is 6.30. The smallest absolute Gasteiger partial charge is 0.234 e. The molecule has 0 aliphatic rings. The van der Waals surface area contributed by atoms with Gasteiger partial charge in [-0.2, -0.15) is 0 Å². The lowest BCUT2D eigenvalue weighted by Crippen LogP contribution is -2.36. The number of carbonyl (C=O) groups excluding carboxylic acids is 1. The Labute approximate surface area is 135 Å². The van der Waals surface area contributed by atoms with Crippen molar-refractivity contribution in [1.82, 2.24) is 15.2 Å². The summed E-state index contributed by atoms with van der Waals surface area (Å²) in [6.45, 7) is 6.12. The summed E-state index contributed by atoms with van der Waals surface area (Å²) < 4.78 is 5.76. The molecule has 5 nitrogen and oxygen atoms in total. The minimum Gasteiger partial charge on any atom is -0.439 e. The van der Waals surface area contributed by atoms with Gasteiger partial charge in [0.25, 0.3) is 0 Å². The monoisotopic (exact) mass is 321 g/mol. The molecular formula is C16H20ClN3O2. The zero-order chi connectivity index (χ0) is 15.9. The van der Waals surface area contributed by atoms with Gasteiger partial charge in [-0.25, -0.2) is 4.98 Å². The molecule has 0 spiro atoms. The van der Waals surface area contributed by atoms with Gasteiger partial charge in [0, 0.05) is 17.1 Å². The number of aromatic nitrogens is 1. The first-order valence-electron chi connectivity index (χ1n) is 7.32. The standard InChI is InChI=1S/C16H20ClN3O2/c1-3-18-15(21)10-20(4-2)11-16-19-9-14(22-16)12-5-7-13(17)8-6-12/h5-9H,3-4,10-11H2,1-2H3,(H,18,21). The van der Waals surface area contributed by atoms with Crippen molar-refractivity contribution in [3.05, 3.63) is 41.4 Å². The number of rotatable bonds is 7. The summed E-state index contributed by atoms with van der Waals surface area (Å²) in [6, 6.07) is 7.40. The average Bonchev–Trinajstić information content (AvgIpc) is 2.96.